The van der Waals surface area contributed by atoms with Crippen LogP contribution < -0.4 is 10.2 Å². The fraction of sp³-hybridized carbons (Fsp3) is 0.211. The van der Waals surface area contributed by atoms with Gasteiger partial charge in [-0.3, -0.25) is 9.59 Å². The Bertz CT molecular complexity index is 765. The van der Waals surface area contributed by atoms with E-state index in [1.165, 1.54) is 6.92 Å². The van der Waals surface area contributed by atoms with Gasteiger partial charge in [0.05, 0.1) is 5.56 Å². The molecule has 1 amide bonds. The van der Waals surface area contributed by atoms with Crippen LogP contribution in [0.2, 0.25) is 0 Å². The van der Waals surface area contributed by atoms with Gasteiger partial charge in [-0.1, -0.05) is 0 Å². The van der Waals surface area contributed by atoms with Crippen molar-refractivity contribution in [1.82, 2.24) is 0 Å². The minimum Gasteiger partial charge on any atom is -0.454 e. The van der Waals surface area contributed by atoms with E-state index in [9.17, 15) is 14.4 Å². The fourth-order valence-electron chi connectivity index (χ4n) is 2.14. The first kappa shape index (κ1) is 18.2. The molecule has 130 valence electrons. The summed E-state index contributed by atoms with van der Waals surface area (Å²) in [7, 11) is 3.81. The summed E-state index contributed by atoms with van der Waals surface area (Å²) in [5, 5.41) is 2.62. The first-order valence-corrected chi connectivity index (χ1v) is 7.72. The molecule has 0 atom stereocenters. The van der Waals surface area contributed by atoms with E-state index in [0.29, 0.717) is 16.8 Å². The smallest absolute Gasteiger partial charge is 0.338 e. The number of amides is 1. The summed E-state index contributed by atoms with van der Waals surface area (Å²) < 4.78 is 5.07. The van der Waals surface area contributed by atoms with E-state index in [2.05, 4.69) is 5.32 Å². The number of hydrogen-bond donors (Lipinski definition) is 1. The number of nitrogens with one attached hydrogen (secondary N) is 1. The van der Waals surface area contributed by atoms with Crippen LogP contribution in [0.3, 0.4) is 0 Å². The quantitative estimate of drug-likeness (QED) is 0.646. The number of anilines is 2. The number of carbonyl (C=O) groups excluding carboxylic acids is 3. The molecule has 2 rings (SSSR count). The molecule has 2 aromatic carbocycles. The average molecular weight is 340 g/mol. The van der Waals surface area contributed by atoms with Gasteiger partial charge in [0, 0.05) is 38.0 Å². The largest absolute Gasteiger partial charge is 0.454 e. The van der Waals surface area contributed by atoms with Crippen molar-refractivity contribution in [2.45, 2.75) is 6.92 Å². The van der Waals surface area contributed by atoms with Crippen molar-refractivity contribution in [1.29, 1.82) is 0 Å². The van der Waals surface area contributed by atoms with Gasteiger partial charge >= 0.3 is 5.97 Å². The normalized spacial score (nSPS) is 10.0. The molecule has 0 radical (unpaired) electrons. The third kappa shape index (κ3) is 5.17. The Hall–Kier alpha value is -3.15. The summed E-state index contributed by atoms with van der Waals surface area (Å²) in [6.45, 7) is 1.07. The van der Waals surface area contributed by atoms with Crippen molar-refractivity contribution >= 4 is 29.0 Å². The van der Waals surface area contributed by atoms with E-state index in [4.69, 9.17) is 4.74 Å². The third-order valence-corrected chi connectivity index (χ3v) is 3.48. The van der Waals surface area contributed by atoms with Gasteiger partial charge in [-0.2, -0.15) is 0 Å². The monoisotopic (exact) mass is 340 g/mol. The lowest BCUT2D eigenvalue weighted by Crippen LogP contribution is -2.15. The molecule has 0 aliphatic carbocycles. The Morgan fingerprint density at radius 2 is 1.48 bits per heavy atom. The van der Waals surface area contributed by atoms with Crippen LogP contribution in [0.15, 0.2) is 48.5 Å². The zero-order valence-electron chi connectivity index (χ0n) is 14.4. The van der Waals surface area contributed by atoms with Gasteiger partial charge < -0.3 is 15.0 Å². The molecule has 2 aromatic rings. The molecule has 0 aliphatic heterocycles. The number of ether oxygens (including phenoxy) is 1. The number of hydrogen-bond acceptors (Lipinski definition) is 5. The molecule has 0 saturated carbocycles. The molecular weight excluding hydrogens is 320 g/mol. The van der Waals surface area contributed by atoms with Crippen LogP contribution in [0.4, 0.5) is 11.4 Å². The standard InChI is InChI=1S/C19H20N2O4/c1-13(22)20-16-8-4-14(5-9-16)18(23)12-25-19(24)15-6-10-17(11-7-15)21(2)3/h4-11H,12H2,1-3H3,(H,20,22). The van der Waals surface area contributed by atoms with Gasteiger partial charge in [-0.15, -0.1) is 0 Å². The lowest BCUT2D eigenvalue weighted by Gasteiger charge is -2.12. The predicted molar refractivity (Wildman–Crippen MR) is 96.1 cm³/mol. The molecule has 6 nitrogen and oxygen atoms in total. The molecule has 0 bridgehead atoms. The molecule has 1 N–H and O–H groups in total. The van der Waals surface area contributed by atoms with Crippen molar-refractivity contribution in [3.63, 3.8) is 0 Å². The zero-order chi connectivity index (χ0) is 18.4. The minimum absolute atomic E-state index is 0.187. The van der Waals surface area contributed by atoms with Gasteiger partial charge in [0.1, 0.15) is 0 Å². The highest BCUT2D eigenvalue weighted by atomic mass is 16.5. The highest BCUT2D eigenvalue weighted by Gasteiger charge is 2.12. The van der Waals surface area contributed by atoms with Crippen LogP contribution in [0.1, 0.15) is 27.6 Å². The van der Waals surface area contributed by atoms with E-state index in [1.807, 2.05) is 19.0 Å². The van der Waals surface area contributed by atoms with Gasteiger partial charge in [0.2, 0.25) is 5.91 Å². The Morgan fingerprint density at radius 3 is 2.00 bits per heavy atom. The molecule has 0 saturated heterocycles. The molecule has 0 fully saturated rings. The van der Waals surface area contributed by atoms with Crippen LogP contribution in [0, 0.1) is 0 Å². The van der Waals surface area contributed by atoms with Crippen LogP contribution in [-0.4, -0.2) is 38.4 Å². The van der Waals surface area contributed by atoms with Gasteiger partial charge in [-0.25, -0.2) is 4.79 Å². The van der Waals surface area contributed by atoms with Crippen molar-refractivity contribution in [3.8, 4) is 0 Å². The van der Waals surface area contributed by atoms with E-state index in [-0.39, 0.29) is 18.3 Å². The average Bonchev–Trinajstić information content (AvgIpc) is 2.59. The molecule has 0 aliphatic rings. The van der Waals surface area contributed by atoms with Crippen LogP contribution in [-0.2, 0) is 9.53 Å². The second-order valence-corrected chi connectivity index (χ2v) is 5.70. The molecule has 6 heteroatoms. The van der Waals surface area contributed by atoms with Crippen molar-refractivity contribution in [3.05, 3.63) is 59.7 Å². The summed E-state index contributed by atoms with van der Waals surface area (Å²) in [4.78, 5) is 37.0. The molecule has 0 spiro atoms. The Morgan fingerprint density at radius 1 is 0.920 bits per heavy atom. The second kappa shape index (κ2) is 8.10. The molecule has 0 aromatic heterocycles. The molecule has 25 heavy (non-hydrogen) atoms. The van der Waals surface area contributed by atoms with E-state index in [0.717, 1.165) is 5.69 Å². The lowest BCUT2D eigenvalue weighted by atomic mass is 10.1. The van der Waals surface area contributed by atoms with E-state index >= 15 is 0 Å². The zero-order valence-corrected chi connectivity index (χ0v) is 14.4. The predicted octanol–water partition coefficient (Wildman–Crippen LogP) is 2.75. The van der Waals surface area contributed by atoms with Crippen LogP contribution in [0.25, 0.3) is 0 Å². The van der Waals surface area contributed by atoms with Crippen LogP contribution >= 0.6 is 0 Å². The van der Waals surface area contributed by atoms with Gasteiger partial charge in [-0.05, 0) is 48.5 Å². The number of carbonyl (C=O) groups is 3. The third-order valence-electron chi connectivity index (χ3n) is 3.48. The summed E-state index contributed by atoms with van der Waals surface area (Å²) in [6, 6.07) is 13.3. The number of rotatable bonds is 6. The molecular formula is C19H20N2O4. The first-order valence-electron chi connectivity index (χ1n) is 7.72. The summed E-state index contributed by atoms with van der Waals surface area (Å²) in [6.07, 6.45) is 0. The molecule has 0 heterocycles. The molecule has 0 unspecified atom stereocenters. The van der Waals surface area contributed by atoms with Crippen molar-refractivity contribution < 1.29 is 19.1 Å². The topological polar surface area (TPSA) is 75.7 Å². The van der Waals surface area contributed by atoms with Crippen molar-refractivity contribution in [2.75, 3.05) is 30.9 Å². The van der Waals surface area contributed by atoms with E-state index in [1.54, 1.807) is 48.5 Å². The maximum absolute atomic E-state index is 12.1. The maximum Gasteiger partial charge on any atom is 0.338 e. The minimum atomic E-state index is -0.548. The van der Waals surface area contributed by atoms with Gasteiger partial charge in [0.15, 0.2) is 12.4 Å². The Balaban J connectivity index is 1.92. The summed E-state index contributed by atoms with van der Waals surface area (Å²) >= 11 is 0. The SMILES string of the molecule is CC(=O)Nc1ccc(C(=O)COC(=O)c2ccc(N(C)C)cc2)cc1. The van der Waals surface area contributed by atoms with Crippen molar-refractivity contribution in [2.24, 2.45) is 0 Å². The van der Waals surface area contributed by atoms with Gasteiger partial charge in [0.25, 0.3) is 0 Å². The number of Topliss-reactive ketones (excluding diaryl/α,β-unsaturated/α-hetero) is 1. The Labute approximate surface area is 146 Å². The van der Waals surface area contributed by atoms with Crippen LogP contribution in [0.5, 0.6) is 0 Å². The summed E-state index contributed by atoms with van der Waals surface area (Å²) in [5.41, 5.74) is 2.36. The fourth-order valence-corrected chi connectivity index (χ4v) is 2.14. The Kier molecular flexibility index (Phi) is 5.89. The summed E-state index contributed by atoms with van der Waals surface area (Å²) in [5.74, 6) is -1.05. The first-order chi connectivity index (χ1) is 11.9. The number of nitrogens with zero attached hydrogens (tertiary/aromatic N) is 1. The number of esters is 1. The number of benzene rings is 2. The second-order valence-electron chi connectivity index (χ2n) is 5.70. The maximum atomic E-state index is 12.1. The lowest BCUT2D eigenvalue weighted by molar-refractivity contribution is -0.114. The highest BCUT2D eigenvalue weighted by molar-refractivity contribution is 6.00. The van der Waals surface area contributed by atoms with E-state index < -0.39 is 5.97 Å². The highest BCUT2D eigenvalue weighted by Crippen LogP contribution is 2.14. The number of ketones is 1.